The van der Waals surface area contributed by atoms with Crippen molar-refractivity contribution in [2.24, 2.45) is 0 Å². The molecule has 4 nitrogen and oxygen atoms in total. The summed E-state index contributed by atoms with van der Waals surface area (Å²) in [5.41, 5.74) is -0.0546. The zero-order valence-corrected chi connectivity index (χ0v) is 11.3. The summed E-state index contributed by atoms with van der Waals surface area (Å²) < 4.78 is 5.51. The van der Waals surface area contributed by atoms with Gasteiger partial charge in [-0.2, -0.15) is 0 Å². The Bertz CT molecular complexity index is 409. The van der Waals surface area contributed by atoms with Crippen molar-refractivity contribution in [3.8, 4) is 0 Å². The van der Waals surface area contributed by atoms with Crippen LogP contribution in [0.25, 0.3) is 0 Å². The summed E-state index contributed by atoms with van der Waals surface area (Å²) in [5.74, 6) is 1.69. The zero-order chi connectivity index (χ0) is 12.5. The minimum Gasteiger partial charge on any atom is -0.377 e. The highest BCUT2D eigenvalue weighted by atomic mass is 35.5. The molecule has 1 fully saturated rings. The van der Waals surface area contributed by atoms with E-state index in [1.165, 1.54) is 0 Å². The van der Waals surface area contributed by atoms with Gasteiger partial charge in [-0.1, -0.05) is 18.5 Å². The van der Waals surface area contributed by atoms with Crippen LogP contribution in [-0.4, -0.2) is 35.3 Å². The van der Waals surface area contributed by atoms with Gasteiger partial charge in [-0.05, 0) is 13.8 Å². The summed E-state index contributed by atoms with van der Waals surface area (Å²) in [6.07, 6.45) is 0.790. The van der Waals surface area contributed by atoms with Crippen LogP contribution in [0.2, 0.25) is 5.15 Å². The maximum absolute atomic E-state index is 6.03. The van der Waals surface area contributed by atoms with Gasteiger partial charge in [0.2, 0.25) is 0 Å². The molecule has 0 saturated carbocycles. The predicted molar refractivity (Wildman–Crippen MR) is 68.7 cm³/mol. The average Bonchev–Trinajstić information content (AvgIpc) is 2.27. The van der Waals surface area contributed by atoms with Crippen LogP contribution < -0.4 is 4.90 Å². The van der Waals surface area contributed by atoms with Crippen LogP contribution in [0.3, 0.4) is 0 Å². The number of morpholine rings is 1. The molecule has 1 aromatic rings. The van der Waals surface area contributed by atoms with E-state index in [0.29, 0.717) is 11.8 Å². The van der Waals surface area contributed by atoms with Gasteiger partial charge in [0, 0.05) is 19.0 Å². The quantitative estimate of drug-likeness (QED) is 0.760. The van der Waals surface area contributed by atoms with Gasteiger partial charge in [0.05, 0.1) is 18.8 Å². The van der Waals surface area contributed by atoms with Crippen LogP contribution in [0.15, 0.2) is 6.07 Å². The number of halogens is 1. The van der Waals surface area contributed by atoms with Gasteiger partial charge in [0.15, 0.2) is 0 Å². The van der Waals surface area contributed by atoms with Gasteiger partial charge < -0.3 is 9.64 Å². The average molecular weight is 256 g/mol. The fraction of sp³-hybridized carbons (Fsp3) is 0.667. The molecular weight excluding hydrogens is 238 g/mol. The van der Waals surface area contributed by atoms with Crippen molar-refractivity contribution in [1.29, 1.82) is 0 Å². The van der Waals surface area contributed by atoms with Crippen LogP contribution in [-0.2, 0) is 11.2 Å². The van der Waals surface area contributed by atoms with E-state index in [0.717, 1.165) is 31.2 Å². The molecule has 0 N–H and O–H groups in total. The van der Waals surface area contributed by atoms with Crippen molar-refractivity contribution in [3.05, 3.63) is 17.0 Å². The van der Waals surface area contributed by atoms with Crippen molar-refractivity contribution in [1.82, 2.24) is 9.97 Å². The predicted octanol–water partition coefficient (Wildman–Crippen LogP) is 2.31. The van der Waals surface area contributed by atoms with Gasteiger partial charge >= 0.3 is 0 Å². The number of rotatable bonds is 2. The first kappa shape index (κ1) is 12.6. The van der Waals surface area contributed by atoms with E-state index in [9.17, 15) is 0 Å². The molecule has 2 rings (SSSR count). The van der Waals surface area contributed by atoms with Crippen LogP contribution in [0, 0.1) is 0 Å². The monoisotopic (exact) mass is 255 g/mol. The second-order valence-electron chi connectivity index (χ2n) is 4.84. The van der Waals surface area contributed by atoms with Gasteiger partial charge in [0.1, 0.15) is 16.8 Å². The largest absolute Gasteiger partial charge is 0.377 e. The Labute approximate surface area is 107 Å². The van der Waals surface area contributed by atoms with Crippen molar-refractivity contribution < 1.29 is 4.74 Å². The van der Waals surface area contributed by atoms with E-state index in [2.05, 4.69) is 28.7 Å². The number of aromatic nitrogens is 2. The Balaban J connectivity index is 2.35. The van der Waals surface area contributed by atoms with Crippen molar-refractivity contribution in [3.63, 3.8) is 0 Å². The summed E-state index contributed by atoms with van der Waals surface area (Å²) >= 11 is 6.03. The lowest BCUT2D eigenvalue weighted by atomic mass is 10.0. The van der Waals surface area contributed by atoms with Crippen LogP contribution in [0.5, 0.6) is 0 Å². The fourth-order valence-corrected chi connectivity index (χ4v) is 2.23. The molecule has 0 aromatic carbocycles. The first-order valence-corrected chi connectivity index (χ1v) is 6.29. The Morgan fingerprint density at radius 3 is 2.88 bits per heavy atom. The summed E-state index contributed by atoms with van der Waals surface area (Å²) in [5, 5.41) is 0.508. The van der Waals surface area contributed by atoms with Gasteiger partial charge in [-0.25, -0.2) is 9.97 Å². The minimum atomic E-state index is -0.0546. The van der Waals surface area contributed by atoms with E-state index in [-0.39, 0.29) is 5.54 Å². The summed E-state index contributed by atoms with van der Waals surface area (Å²) in [7, 11) is 0. The molecule has 94 valence electrons. The number of nitrogens with zero attached hydrogens (tertiary/aromatic N) is 3. The fourth-order valence-electron chi connectivity index (χ4n) is 2.03. The number of hydrogen-bond acceptors (Lipinski definition) is 4. The lowest BCUT2D eigenvalue weighted by Gasteiger charge is -2.43. The number of ether oxygens (including phenoxy) is 1. The van der Waals surface area contributed by atoms with E-state index >= 15 is 0 Å². The molecular formula is C12H18ClN3O. The lowest BCUT2D eigenvalue weighted by Crippen LogP contribution is -2.53. The molecule has 1 aromatic heterocycles. The molecule has 0 bridgehead atoms. The molecule has 0 spiro atoms. The molecule has 17 heavy (non-hydrogen) atoms. The highest BCUT2D eigenvalue weighted by molar-refractivity contribution is 6.29. The first-order chi connectivity index (χ1) is 8.03. The zero-order valence-electron chi connectivity index (χ0n) is 10.5. The van der Waals surface area contributed by atoms with Crippen LogP contribution >= 0.6 is 11.6 Å². The maximum atomic E-state index is 6.03. The number of aryl methyl sites for hydroxylation is 1. The molecule has 0 atom stereocenters. The Morgan fingerprint density at radius 1 is 1.47 bits per heavy atom. The molecule has 1 saturated heterocycles. The third-order valence-corrected chi connectivity index (χ3v) is 3.16. The SMILES string of the molecule is CCc1nc(Cl)cc(N2CCOCC2(C)C)n1. The third kappa shape index (κ3) is 2.69. The summed E-state index contributed by atoms with van der Waals surface area (Å²) in [6, 6.07) is 1.83. The molecule has 0 amide bonds. The summed E-state index contributed by atoms with van der Waals surface area (Å²) in [6.45, 7) is 8.59. The van der Waals surface area contributed by atoms with Gasteiger partial charge in [-0.15, -0.1) is 0 Å². The molecule has 0 radical (unpaired) electrons. The number of anilines is 1. The molecule has 0 aliphatic carbocycles. The Hall–Kier alpha value is -0.870. The highest BCUT2D eigenvalue weighted by Crippen LogP contribution is 2.26. The second-order valence-corrected chi connectivity index (χ2v) is 5.22. The first-order valence-electron chi connectivity index (χ1n) is 5.92. The smallest absolute Gasteiger partial charge is 0.134 e. The Morgan fingerprint density at radius 2 is 2.24 bits per heavy atom. The van der Waals surface area contributed by atoms with Crippen molar-refractivity contribution >= 4 is 17.4 Å². The Kier molecular flexibility index (Phi) is 3.54. The van der Waals surface area contributed by atoms with Crippen molar-refractivity contribution in [2.75, 3.05) is 24.7 Å². The molecule has 1 aliphatic heterocycles. The molecule has 1 aliphatic rings. The summed E-state index contributed by atoms with van der Waals surface area (Å²) in [4.78, 5) is 11.0. The van der Waals surface area contributed by atoms with E-state index in [1.54, 1.807) is 0 Å². The van der Waals surface area contributed by atoms with E-state index in [1.807, 2.05) is 13.0 Å². The lowest BCUT2D eigenvalue weighted by molar-refractivity contribution is 0.0639. The second kappa shape index (κ2) is 4.78. The van der Waals surface area contributed by atoms with Gasteiger partial charge in [0.25, 0.3) is 0 Å². The van der Waals surface area contributed by atoms with E-state index in [4.69, 9.17) is 16.3 Å². The van der Waals surface area contributed by atoms with Crippen LogP contribution in [0.1, 0.15) is 26.6 Å². The number of hydrogen-bond donors (Lipinski definition) is 0. The third-order valence-electron chi connectivity index (χ3n) is 2.97. The molecule has 5 heteroatoms. The highest BCUT2D eigenvalue weighted by Gasteiger charge is 2.31. The normalized spacial score (nSPS) is 19.4. The molecule has 2 heterocycles. The standard InChI is InChI=1S/C12H18ClN3O/c1-4-10-14-9(13)7-11(15-10)16-5-6-17-8-12(16,2)3/h7H,4-6,8H2,1-3H3. The maximum Gasteiger partial charge on any atom is 0.134 e. The van der Waals surface area contributed by atoms with E-state index < -0.39 is 0 Å². The minimum absolute atomic E-state index is 0.0546. The van der Waals surface area contributed by atoms with Crippen LogP contribution in [0.4, 0.5) is 5.82 Å². The topological polar surface area (TPSA) is 38.2 Å². The molecule has 0 unspecified atom stereocenters. The van der Waals surface area contributed by atoms with Crippen molar-refractivity contribution in [2.45, 2.75) is 32.7 Å². The van der Waals surface area contributed by atoms with Gasteiger partial charge in [-0.3, -0.25) is 0 Å².